The lowest BCUT2D eigenvalue weighted by molar-refractivity contribution is -0.269. The maximum absolute atomic E-state index is 11.8. The van der Waals surface area contributed by atoms with E-state index in [9.17, 15) is 5.11 Å². The summed E-state index contributed by atoms with van der Waals surface area (Å²) in [5.41, 5.74) is 2.27. The van der Waals surface area contributed by atoms with Crippen molar-refractivity contribution in [3.63, 3.8) is 0 Å². The summed E-state index contributed by atoms with van der Waals surface area (Å²) in [5.74, 6) is 1.37. The fourth-order valence-corrected chi connectivity index (χ4v) is 1.88. The van der Waals surface area contributed by atoms with Gasteiger partial charge in [0.1, 0.15) is 0 Å². The summed E-state index contributed by atoms with van der Waals surface area (Å²) in [6.07, 6.45) is 1.92. The van der Waals surface area contributed by atoms with Crippen molar-refractivity contribution in [1.82, 2.24) is 0 Å². The highest BCUT2D eigenvalue weighted by molar-refractivity contribution is 5.39. The molecule has 0 unspecified atom stereocenters. The first-order valence-electron chi connectivity index (χ1n) is 5.78. The van der Waals surface area contributed by atoms with E-state index in [-0.39, 0.29) is 5.75 Å². The minimum absolute atomic E-state index is 0.210. The average molecular weight is 205 g/mol. The molecule has 1 rings (SSSR count). The Hall–Kier alpha value is -0.980. The Bertz CT molecular complexity index is 313. The second kappa shape index (κ2) is 5.20. The second-order valence-electron chi connectivity index (χ2n) is 5.09. The van der Waals surface area contributed by atoms with Gasteiger partial charge in [0.2, 0.25) is 0 Å². The number of hydrogen-bond acceptors (Lipinski definition) is 1. The van der Waals surface area contributed by atoms with E-state index < -0.39 is 0 Å². The fraction of sp³-hybridized carbons (Fsp3) is 0.571. The van der Waals surface area contributed by atoms with Gasteiger partial charge in [-0.1, -0.05) is 51.5 Å². The standard InChI is InChI=1S/C14H22O/c1-10(2)8-12-6-5-7-14(15)13(12)9-11(3)4/h5-7,10-11,15H,8-9H2,1-4H3/p-1. The van der Waals surface area contributed by atoms with Crippen LogP contribution in [0.4, 0.5) is 0 Å². The highest BCUT2D eigenvalue weighted by atomic mass is 16.3. The van der Waals surface area contributed by atoms with Crippen LogP contribution in [0, 0.1) is 11.8 Å². The molecule has 0 N–H and O–H groups in total. The summed E-state index contributed by atoms with van der Waals surface area (Å²) in [7, 11) is 0. The molecule has 1 nitrogen and oxygen atoms in total. The third-order valence-corrected chi connectivity index (χ3v) is 2.47. The van der Waals surface area contributed by atoms with Crippen molar-refractivity contribution < 1.29 is 5.11 Å². The summed E-state index contributed by atoms with van der Waals surface area (Å²) in [6, 6.07) is 5.66. The predicted molar refractivity (Wildman–Crippen MR) is 63.0 cm³/mol. The molecular weight excluding hydrogens is 184 g/mol. The van der Waals surface area contributed by atoms with Crippen molar-refractivity contribution in [3.05, 3.63) is 29.3 Å². The first-order chi connectivity index (χ1) is 7.00. The topological polar surface area (TPSA) is 23.1 Å². The molecule has 0 spiro atoms. The molecule has 0 aliphatic heterocycles. The maximum Gasteiger partial charge on any atom is -0.0253 e. The lowest BCUT2D eigenvalue weighted by atomic mass is 9.92. The summed E-state index contributed by atoms with van der Waals surface area (Å²) in [5, 5.41) is 11.8. The first kappa shape index (κ1) is 12.1. The molecule has 0 saturated carbocycles. The smallest absolute Gasteiger partial charge is 0.0253 e. The van der Waals surface area contributed by atoms with Gasteiger partial charge >= 0.3 is 0 Å². The molecule has 0 radical (unpaired) electrons. The Labute approximate surface area is 93.1 Å². The van der Waals surface area contributed by atoms with Crippen LogP contribution >= 0.6 is 0 Å². The van der Waals surface area contributed by atoms with Gasteiger partial charge in [-0.3, -0.25) is 0 Å². The summed E-state index contributed by atoms with van der Waals surface area (Å²) < 4.78 is 0. The first-order valence-corrected chi connectivity index (χ1v) is 5.78. The SMILES string of the molecule is CC(C)Cc1cccc([O-])c1CC(C)C. The van der Waals surface area contributed by atoms with Crippen molar-refractivity contribution in [1.29, 1.82) is 0 Å². The van der Waals surface area contributed by atoms with Crippen molar-refractivity contribution in [2.24, 2.45) is 11.8 Å². The molecule has 1 aromatic carbocycles. The van der Waals surface area contributed by atoms with E-state index in [1.165, 1.54) is 5.56 Å². The predicted octanol–water partition coefficient (Wildman–Crippen LogP) is 3.16. The van der Waals surface area contributed by atoms with E-state index in [0.29, 0.717) is 11.8 Å². The molecule has 0 amide bonds. The molecule has 0 aromatic heterocycles. The van der Waals surface area contributed by atoms with Gasteiger partial charge < -0.3 is 5.11 Å². The lowest BCUT2D eigenvalue weighted by Gasteiger charge is -2.20. The van der Waals surface area contributed by atoms with Gasteiger partial charge in [0.15, 0.2) is 0 Å². The van der Waals surface area contributed by atoms with Crippen molar-refractivity contribution in [3.8, 4) is 5.75 Å². The summed E-state index contributed by atoms with van der Waals surface area (Å²) in [6.45, 7) is 8.70. The highest BCUT2D eigenvalue weighted by Gasteiger charge is 2.06. The summed E-state index contributed by atoms with van der Waals surface area (Å²) >= 11 is 0. The molecule has 0 bridgehead atoms. The largest absolute Gasteiger partial charge is 0.872 e. The van der Waals surface area contributed by atoms with Crippen LogP contribution in [0.25, 0.3) is 0 Å². The number of rotatable bonds is 4. The van der Waals surface area contributed by atoms with Crippen molar-refractivity contribution in [2.75, 3.05) is 0 Å². The van der Waals surface area contributed by atoms with Crippen LogP contribution < -0.4 is 5.11 Å². The Kier molecular flexibility index (Phi) is 4.19. The van der Waals surface area contributed by atoms with Crippen LogP contribution in [0.3, 0.4) is 0 Å². The second-order valence-corrected chi connectivity index (χ2v) is 5.09. The zero-order valence-electron chi connectivity index (χ0n) is 10.2. The quantitative estimate of drug-likeness (QED) is 0.740. The molecule has 0 atom stereocenters. The van der Waals surface area contributed by atoms with Crippen LogP contribution in [0.1, 0.15) is 38.8 Å². The van der Waals surface area contributed by atoms with Crippen LogP contribution in [0.5, 0.6) is 5.75 Å². The molecular formula is C14H21O-. The highest BCUT2D eigenvalue weighted by Crippen LogP contribution is 2.24. The van der Waals surface area contributed by atoms with Gasteiger partial charge in [-0.2, -0.15) is 0 Å². The molecule has 1 heteroatoms. The molecule has 84 valence electrons. The van der Waals surface area contributed by atoms with E-state index in [1.54, 1.807) is 6.07 Å². The van der Waals surface area contributed by atoms with E-state index >= 15 is 0 Å². The summed E-state index contributed by atoms with van der Waals surface area (Å²) in [4.78, 5) is 0. The minimum Gasteiger partial charge on any atom is -0.872 e. The van der Waals surface area contributed by atoms with Crippen LogP contribution in [0.2, 0.25) is 0 Å². The molecule has 0 saturated heterocycles. The number of hydrogen-bond donors (Lipinski definition) is 0. The van der Waals surface area contributed by atoms with Gasteiger partial charge in [0, 0.05) is 0 Å². The van der Waals surface area contributed by atoms with E-state index in [1.807, 2.05) is 6.07 Å². The molecule has 0 aliphatic rings. The normalized spacial score (nSPS) is 11.3. The third-order valence-electron chi connectivity index (χ3n) is 2.47. The average Bonchev–Trinajstić information content (AvgIpc) is 2.09. The van der Waals surface area contributed by atoms with E-state index in [4.69, 9.17) is 0 Å². The van der Waals surface area contributed by atoms with Crippen LogP contribution in [-0.4, -0.2) is 0 Å². The van der Waals surface area contributed by atoms with Crippen molar-refractivity contribution in [2.45, 2.75) is 40.5 Å². The Morgan fingerprint density at radius 2 is 1.60 bits per heavy atom. The molecule has 1 aromatic rings. The van der Waals surface area contributed by atoms with Gasteiger partial charge in [-0.15, -0.1) is 5.75 Å². The zero-order chi connectivity index (χ0) is 11.4. The van der Waals surface area contributed by atoms with Crippen molar-refractivity contribution >= 4 is 0 Å². The maximum atomic E-state index is 11.8. The van der Waals surface area contributed by atoms with Crippen LogP contribution in [-0.2, 0) is 12.8 Å². The zero-order valence-corrected chi connectivity index (χ0v) is 10.2. The fourth-order valence-electron chi connectivity index (χ4n) is 1.88. The monoisotopic (exact) mass is 205 g/mol. The minimum atomic E-state index is 0.210. The van der Waals surface area contributed by atoms with Gasteiger partial charge in [-0.05, 0) is 30.2 Å². The van der Waals surface area contributed by atoms with Gasteiger partial charge in [-0.25, -0.2) is 0 Å². The van der Waals surface area contributed by atoms with Gasteiger partial charge in [0.05, 0.1) is 0 Å². The van der Waals surface area contributed by atoms with Crippen LogP contribution in [0.15, 0.2) is 18.2 Å². The Balaban J connectivity index is 2.97. The lowest BCUT2D eigenvalue weighted by Crippen LogP contribution is -2.07. The Morgan fingerprint density at radius 3 is 2.13 bits per heavy atom. The molecule has 0 heterocycles. The molecule has 0 fully saturated rings. The van der Waals surface area contributed by atoms with E-state index in [0.717, 1.165) is 18.4 Å². The third kappa shape index (κ3) is 3.58. The Morgan fingerprint density at radius 1 is 1.00 bits per heavy atom. The number of benzene rings is 1. The van der Waals surface area contributed by atoms with Gasteiger partial charge in [0.25, 0.3) is 0 Å². The molecule has 15 heavy (non-hydrogen) atoms. The van der Waals surface area contributed by atoms with E-state index in [2.05, 4.69) is 33.8 Å². The molecule has 0 aliphatic carbocycles.